The van der Waals surface area contributed by atoms with Gasteiger partial charge in [0, 0.05) is 31.9 Å². The lowest BCUT2D eigenvalue weighted by molar-refractivity contribution is -0.127. The average Bonchev–Trinajstić information content (AvgIpc) is 2.79. The first-order valence-corrected chi connectivity index (χ1v) is 11.3. The molecular formula is C21H24N4O6S. The number of nitrogens with two attached hydrogens (primary N) is 1. The second-order valence-electron chi connectivity index (χ2n) is 7.16. The molecule has 0 aliphatic carbocycles. The van der Waals surface area contributed by atoms with Crippen LogP contribution in [0.4, 0.5) is 10.5 Å². The highest BCUT2D eigenvalue weighted by atomic mass is 32.2. The second-order valence-corrected chi connectivity index (χ2v) is 9.09. The molecule has 1 atom stereocenters. The Morgan fingerprint density at radius 2 is 1.66 bits per heavy atom. The predicted molar refractivity (Wildman–Crippen MR) is 116 cm³/mol. The lowest BCUT2D eigenvalue weighted by Crippen LogP contribution is -2.48. The number of anilines is 1. The van der Waals surface area contributed by atoms with Crippen LogP contribution in [0.3, 0.4) is 0 Å². The normalized spacial score (nSPS) is 15.6. The third kappa shape index (κ3) is 5.42. The summed E-state index contributed by atoms with van der Waals surface area (Å²) in [6, 6.07) is 14.1. The molecule has 3 N–H and O–H groups in total. The summed E-state index contributed by atoms with van der Waals surface area (Å²) in [6.45, 7) is 2.95. The van der Waals surface area contributed by atoms with Gasteiger partial charge in [-0.3, -0.25) is 10.1 Å². The summed E-state index contributed by atoms with van der Waals surface area (Å²) in [4.78, 5) is 36.9. The number of benzene rings is 2. The summed E-state index contributed by atoms with van der Waals surface area (Å²) in [5.74, 6) is -1.78. The van der Waals surface area contributed by atoms with Crippen molar-refractivity contribution in [1.82, 2.24) is 9.62 Å². The van der Waals surface area contributed by atoms with E-state index < -0.39 is 34.0 Å². The predicted octanol–water partition coefficient (Wildman–Crippen LogP) is 0.938. The van der Waals surface area contributed by atoms with E-state index in [1.165, 1.54) is 35.5 Å². The molecule has 0 bridgehead atoms. The highest BCUT2D eigenvalue weighted by Gasteiger charge is 2.29. The summed E-state index contributed by atoms with van der Waals surface area (Å²) in [5, 5.41) is 1.81. The molecule has 3 amide bonds. The Kier molecular flexibility index (Phi) is 7.11. The average molecular weight is 461 g/mol. The van der Waals surface area contributed by atoms with E-state index in [0.717, 1.165) is 5.69 Å². The van der Waals surface area contributed by atoms with Gasteiger partial charge in [-0.05, 0) is 37.3 Å². The van der Waals surface area contributed by atoms with Gasteiger partial charge in [0.15, 0.2) is 6.10 Å². The molecule has 1 aliphatic rings. The quantitative estimate of drug-likeness (QED) is 0.612. The highest BCUT2D eigenvalue weighted by molar-refractivity contribution is 7.89. The van der Waals surface area contributed by atoms with Crippen LogP contribution < -0.4 is 16.0 Å². The minimum atomic E-state index is -3.83. The number of sulfonamides is 1. The Labute approximate surface area is 186 Å². The number of esters is 1. The van der Waals surface area contributed by atoms with Gasteiger partial charge >= 0.3 is 12.0 Å². The lowest BCUT2D eigenvalue weighted by Gasteiger charge is -2.35. The number of para-hydroxylation sites is 1. The maximum absolute atomic E-state index is 13.1. The molecule has 0 saturated carbocycles. The number of nitrogens with zero attached hydrogens (tertiary/aromatic N) is 2. The first-order valence-electron chi connectivity index (χ1n) is 9.90. The largest absolute Gasteiger partial charge is 0.449 e. The topological polar surface area (TPSA) is 139 Å². The van der Waals surface area contributed by atoms with Crippen LogP contribution in [-0.4, -0.2) is 62.9 Å². The molecule has 1 unspecified atom stereocenters. The summed E-state index contributed by atoms with van der Waals surface area (Å²) < 4.78 is 32.6. The molecule has 2 aromatic carbocycles. The van der Waals surface area contributed by atoms with E-state index in [4.69, 9.17) is 10.5 Å². The van der Waals surface area contributed by atoms with E-state index in [0.29, 0.717) is 26.2 Å². The van der Waals surface area contributed by atoms with Gasteiger partial charge in [-0.1, -0.05) is 24.3 Å². The Bertz CT molecular complexity index is 1100. The fourth-order valence-corrected chi connectivity index (χ4v) is 4.73. The Morgan fingerprint density at radius 3 is 2.28 bits per heavy atom. The first-order chi connectivity index (χ1) is 15.2. The standard InChI is InChI=1S/C21H24N4O6S/c1-15(19(26)23-21(22)28)31-20(27)16-6-5-9-18(14-16)32(29,30)25-12-10-24(11-13-25)17-7-3-2-4-8-17/h2-9,14-15H,10-13H2,1H3,(H3,22,23,26,28). The van der Waals surface area contributed by atoms with E-state index in [1.54, 1.807) is 0 Å². The number of amides is 3. The van der Waals surface area contributed by atoms with Crippen LogP contribution in [0.1, 0.15) is 17.3 Å². The van der Waals surface area contributed by atoms with Gasteiger partial charge in [0.1, 0.15) is 0 Å². The van der Waals surface area contributed by atoms with Gasteiger partial charge in [-0.25, -0.2) is 18.0 Å². The number of hydrogen-bond acceptors (Lipinski definition) is 7. The zero-order valence-corrected chi connectivity index (χ0v) is 18.2. The molecule has 1 saturated heterocycles. The molecule has 11 heteroatoms. The zero-order valence-electron chi connectivity index (χ0n) is 17.4. The molecule has 1 aliphatic heterocycles. The van der Waals surface area contributed by atoms with Gasteiger partial charge in [0.2, 0.25) is 10.0 Å². The number of ether oxygens (including phenoxy) is 1. The van der Waals surface area contributed by atoms with Crippen LogP contribution in [-0.2, 0) is 19.6 Å². The minimum Gasteiger partial charge on any atom is -0.449 e. The third-order valence-electron chi connectivity index (χ3n) is 4.97. The number of nitrogens with one attached hydrogen (secondary N) is 1. The second kappa shape index (κ2) is 9.79. The molecule has 2 aromatic rings. The number of rotatable bonds is 6. The molecule has 0 spiro atoms. The first kappa shape index (κ1) is 23.2. The smallest absolute Gasteiger partial charge is 0.338 e. The molecule has 0 aromatic heterocycles. The maximum Gasteiger partial charge on any atom is 0.338 e. The van der Waals surface area contributed by atoms with Crippen LogP contribution in [0.15, 0.2) is 59.5 Å². The fraction of sp³-hybridized carbons (Fsp3) is 0.286. The summed E-state index contributed by atoms with van der Waals surface area (Å²) in [5.41, 5.74) is 5.86. The van der Waals surface area contributed by atoms with Gasteiger partial charge < -0.3 is 15.4 Å². The Morgan fingerprint density at radius 1 is 1.00 bits per heavy atom. The molecule has 10 nitrogen and oxygen atoms in total. The van der Waals surface area contributed by atoms with E-state index >= 15 is 0 Å². The minimum absolute atomic E-state index is 0.0345. The van der Waals surface area contributed by atoms with Crippen LogP contribution in [0.5, 0.6) is 0 Å². The van der Waals surface area contributed by atoms with E-state index in [2.05, 4.69) is 4.90 Å². The number of piperazine rings is 1. The SMILES string of the molecule is CC(OC(=O)c1cccc(S(=O)(=O)N2CCN(c3ccccc3)CC2)c1)C(=O)NC(N)=O. The van der Waals surface area contributed by atoms with Crippen molar-refractivity contribution in [3.05, 3.63) is 60.2 Å². The van der Waals surface area contributed by atoms with Crippen molar-refractivity contribution in [2.24, 2.45) is 5.73 Å². The molecule has 0 radical (unpaired) electrons. The number of hydrogen-bond donors (Lipinski definition) is 2. The summed E-state index contributed by atoms with van der Waals surface area (Å²) in [6.07, 6.45) is -1.29. The zero-order chi connectivity index (χ0) is 23.3. The van der Waals surface area contributed by atoms with Crippen LogP contribution in [0.2, 0.25) is 0 Å². The Balaban J connectivity index is 1.68. The van der Waals surface area contributed by atoms with Crippen molar-refractivity contribution < 1.29 is 27.5 Å². The summed E-state index contributed by atoms with van der Waals surface area (Å²) >= 11 is 0. The van der Waals surface area contributed by atoms with Crippen LogP contribution in [0.25, 0.3) is 0 Å². The van der Waals surface area contributed by atoms with Crippen molar-refractivity contribution in [2.45, 2.75) is 17.9 Å². The Hall–Kier alpha value is -3.44. The molecule has 170 valence electrons. The number of carbonyl (C=O) groups is 3. The highest BCUT2D eigenvalue weighted by Crippen LogP contribution is 2.22. The van der Waals surface area contributed by atoms with Gasteiger partial charge in [0.25, 0.3) is 5.91 Å². The number of urea groups is 1. The van der Waals surface area contributed by atoms with Gasteiger partial charge in [-0.15, -0.1) is 0 Å². The van der Waals surface area contributed by atoms with E-state index in [1.807, 2.05) is 35.6 Å². The van der Waals surface area contributed by atoms with E-state index in [9.17, 15) is 22.8 Å². The molecule has 32 heavy (non-hydrogen) atoms. The van der Waals surface area contributed by atoms with Crippen molar-refractivity contribution in [3.63, 3.8) is 0 Å². The number of imide groups is 1. The number of carbonyl (C=O) groups excluding carboxylic acids is 3. The number of primary amides is 1. The molecule has 1 heterocycles. The van der Waals surface area contributed by atoms with Crippen molar-refractivity contribution in [1.29, 1.82) is 0 Å². The van der Waals surface area contributed by atoms with Gasteiger partial charge in [0.05, 0.1) is 10.5 Å². The van der Waals surface area contributed by atoms with Crippen molar-refractivity contribution >= 4 is 33.6 Å². The third-order valence-corrected chi connectivity index (χ3v) is 6.86. The lowest BCUT2D eigenvalue weighted by atomic mass is 10.2. The van der Waals surface area contributed by atoms with Gasteiger partial charge in [-0.2, -0.15) is 4.31 Å². The van der Waals surface area contributed by atoms with Crippen molar-refractivity contribution in [2.75, 3.05) is 31.1 Å². The van der Waals surface area contributed by atoms with Crippen LogP contribution in [0, 0.1) is 0 Å². The maximum atomic E-state index is 13.1. The van der Waals surface area contributed by atoms with Crippen LogP contribution >= 0.6 is 0 Å². The fourth-order valence-electron chi connectivity index (χ4n) is 3.26. The monoisotopic (exact) mass is 460 g/mol. The molecule has 3 rings (SSSR count). The molecular weight excluding hydrogens is 436 g/mol. The van der Waals surface area contributed by atoms with E-state index in [-0.39, 0.29) is 10.5 Å². The summed E-state index contributed by atoms with van der Waals surface area (Å²) in [7, 11) is -3.83. The van der Waals surface area contributed by atoms with Crippen molar-refractivity contribution in [3.8, 4) is 0 Å². The molecule has 1 fully saturated rings.